The quantitative estimate of drug-likeness (QED) is 0.846. The van der Waals surface area contributed by atoms with Gasteiger partial charge in [0, 0.05) is 11.4 Å². The molecule has 2 unspecified atom stereocenters. The summed E-state index contributed by atoms with van der Waals surface area (Å²) in [6.45, 7) is 1.93. The van der Waals surface area contributed by atoms with Crippen molar-refractivity contribution < 1.29 is 9.53 Å². The summed E-state index contributed by atoms with van der Waals surface area (Å²) in [5.41, 5.74) is 1.32. The smallest absolute Gasteiger partial charge is 0.240 e. The van der Waals surface area contributed by atoms with Gasteiger partial charge in [0.05, 0.1) is 19.3 Å². The third kappa shape index (κ3) is 2.43. The van der Waals surface area contributed by atoms with Gasteiger partial charge in [-0.3, -0.25) is 4.79 Å². The molecule has 2 heterocycles. The number of carbonyl (C=O) groups excluding carboxylic acids is 1. The number of thiophene rings is 1. The fourth-order valence-electron chi connectivity index (χ4n) is 2.64. The van der Waals surface area contributed by atoms with Crippen LogP contribution in [-0.4, -0.2) is 31.7 Å². The number of ether oxygens (including phenoxy) is 1. The Labute approximate surface area is 111 Å². The standard InChI is InChI=1S/C13H18N2O2S/c16-13(11-8-17-6-5-14-11)15-10-2-1-3-12-9(10)4-7-18-12/h4,7,10-11,14H,1-3,5-6,8H2,(H,15,16). The minimum atomic E-state index is -0.192. The van der Waals surface area contributed by atoms with Crippen molar-refractivity contribution in [1.82, 2.24) is 10.6 Å². The van der Waals surface area contributed by atoms with Gasteiger partial charge in [-0.05, 0) is 36.3 Å². The lowest BCUT2D eigenvalue weighted by molar-refractivity contribution is -0.126. The second-order valence-corrected chi connectivity index (χ2v) is 5.83. The first-order chi connectivity index (χ1) is 8.84. The van der Waals surface area contributed by atoms with Gasteiger partial charge < -0.3 is 15.4 Å². The molecule has 1 aliphatic heterocycles. The first kappa shape index (κ1) is 12.1. The highest BCUT2D eigenvalue weighted by Gasteiger charge is 2.27. The summed E-state index contributed by atoms with van der Waals surface area (Å²) < 4.78 is 5.33. The van der Waals surface area contributed by atoms with E-state index >= 15 is 0 Å². The third-order valence-electron chi connectivity index (χ3n) is 3.61. The van der Waals surface area contributed by atoms with E-state index in [1.807, 2.05) is 0 Å². The largest absolute Gasteiger partial charge is 0.378 e. The molecule has 1 fully saturated rings. The topological polar surface area (TPSA) is 50.4 Å². The van der Waals surface area contributed by atoms with Crippen LogP contribution in [0.3, 0.4) is 0 Å². The Morgan fingerprint density at radius 1 is 1.56 bits per heavy atom. The zero-order valence-electron chi connectivity index (χ0n) is 10.3. The minimum Gasteiger partial charge on any atom is -0.378 e. The zero-order valence-corrected chi connectivity index (χ0v) is 11.1. The van der Waals surface area contributed by atoms with Gasteiger partial charge in [-0.15, -0.1) is 11.3 Å². The number of aryl methyl sites for hydroxylation is 1. The lowest BCUT2D eigenvalue weighted by atomic mass is 9.94. The van der Waals surface area contributed by atoms with Crippen molar-refractivity contribution in [3.63, 3.8) is 0 Å². The number of hydrogen-bond donors (Lipinski definition) is 2. The molecule has 0 saturated carbocycles. The molecule has 0 radical (unpaired) electrons. The average Bonchev–Trinajstić information content (AvgIpc) is 2.89. The highest BCUT2D eigenvalue weighted by Crippen LogP contribution is 2.33. The van der Waals surface area contributed by atoms with Gasteiger partial charge >= 0.3 is 0 Å². The molecule has 2 aliphatic rings. The molecule has 0 bridgehead atoms. The highest BCUT2D eigenvalue weighted by molar-refractivity contribution is 7.10. The van der Waals surface area contributed by atoms with Gasteiger partial charge in [0.1, 0.15) is 6.04 Å². The van der Waals surface area contributed by atoms with E-state index in [9.17, 15) is 4.79 Å². The average molecular weight is 266 g/mol. The van der Waals surface area contributed by atoms with E-state index < -0.39 is 0 Å². The van der Waals surface area contributed by atoms with Crippen molar-refractivity contribution in [1.29, 1.82) is 0 Å². The van der Waals surface area contributed by atoms with E-state index in [1.54, 1.807) is 11.3 Å². The van der Waals surface area contributed by atoms with Gasteiger partial charge in [-0.1, -0.05) is 0 Å². The van der Waals surface area contributed by atoms with Crippen LogP contribution in [0.2, 0.25) is 0 Å². The maximum Gasteiger partial charge on any atom is 0.240 e. The van der Waals surface area contributed by atoms with Crippen LogP contribution in [0.15, 0.2) is 11.4 Å². The molecular weight excluding hydrogens is 248 g/mol. The monoisotopic (exact) mass is 266 g/mol. The van der Waals surface area contributed by atoms with Crippen molar-refractivity contribution in [2.24, 2.45) is 0 Å². The highest BCUT2D eigenvalue weighted by atomic mass is 32.1. The predicted molar refractivity (Wildman–Crippen MR) is 70.8 cm³/mol. The Balaban J connectivity index is 1.65. The fourth-order valence-corrected chi connectivity index (χ4v) is 3.63. The summed E-state index contributed by atoms with van der Waals surface area (Å²) in [6, 6.07) is 2.15. The van der Waals surface area contributed by atoms with Crippen molar-refractivity contribution >= 4 is 17.2 Å². The zero-order chi connectivity index (χ0) is 12.4. The maximum atomic E-state index is 12.1. The van der Waals surface area contributed by atoms with Crippen LogP contribution in [-0.2, 0) is 16.0 Å². The van der Waals surface area contributed by atoms with Crippen LogP contribution in [0.25, 0.3) is 0 Å². The summed E-state index contributed by atoms with van der Waals surface area (Å²) in [5, 5.41) is 8.47. The summed E-state index contributed by atoms with van der Waals surface area (Å²) >= 11 is 1.80. The van der Waals surface area contributed by atoms with Crippen LogP contribution in [0.4, 0.5) is 0 Å². The fraction of sp³-hybridized carbons (Fsp3) is 0.615. The molecule has 2 N–H and O–H groups in total. The van der Waals surface area contributed by atoms with Crippen molar-refractivity contribution in [2.75, 3.05) is 19.8 Å². The Morgan fingerprint density at radius 2 is 2.50 bits per heavy atom. The van der Waals surface area contributed by atoms with E-state index in [4.69, 9.17) is 4.74 Å². The predicted octanol–water partition coefficient (Wildman–Crippen LogP) is 1.23. The molecule has 0 spiro atoms. The minimum absolute atomic E-state index is 0.0683. The van der Waals surface area contributed by atoms with Crippen LogP contribution in [0, 0.1) is 0 Å². The second-order valence-electron chi connectivity index (χ2n) is 4.83. The normalized spacial score (nSPS) is 27.6. The Kier molecular flexibility index (Phi) is 3.63. The molecule has 1 aromatic rings. The van der Waals surface area contributed by atoms with Crippen molar-refractivity contribution in [3.05, 3.63) is 21.9 Å². The molecule has 4 nitrogen and oxygen atoms in total. The van der Waals surface area contributed by atoms with Gasteiger partial charge in [-0.2, -0.15) is 0 Å². The molecular formula is C13H18N2O2S. The molecule has 1 aliphatic carbocycles. The van der Waals surface area contributed by atoms with E-state index in [-0.39, 0.29) is 18.0 Å². The number of rotatable bonds is 2. The molecule has 1 saturated heterocycles. The molecule has 1 aromatic heterocycles. The number of amides is 1. The van der Waals surface area contributed by atoms with E-state index in [1.165, 1.54) is 10.4 Å². The van der Waals surface area contributed by atoms with Crippen LogP contribution >= 0.6 is 11.3 Å². The van der Waals surface area contributed by atoms with Gasteiger partial charge in [-0.25, -0.2) is 0 Å². The maximum absolute atomic E-state index is 12.1. The summed E-state index contributed by atoms with van der Waals surface area (Å²) in [6.07, 6.45) is 3.36. The summed E-state index contributed by atoms with van der Waals surface area (Å²) in [4.78, 5) is 13.6. The van der Waals surface area contributed by atoms with E-state index in [0.717, 1.165) is 25.8 Å². The van der Waals surface area contributed by atoms with Crippen molar-refractivity contribution in [3.8, 4) is 0 Å². The lowest BCUT2D eigenvalue weighted by Crippen LogP contribution is -2.52. The molecule has 18 heavy (non-hydrogen) atoms. The number of carbonyl (C=O) groups is 1. The molecule has 2 atom stereocenters. The van der Waals surface area contributed by atoms with Crippen LogP contribution in [0.5, 0.6) is 0 Å². The molecule has 0 aromatic carbocycles. The second kappa shape index (κ2) is 5.38. The van der Waals surface area contributed by atoms with Crippen molar-refractivity contribution in [2.45, 2.75) is 31.3 Å². The number of hydrogen-bond acceptors (Lipinski definition) is 4. The van der Waals surface area contributed by atoms with Crippen LogP contribution in [0.1, 0.15) is 29.3 Å². The Morgan fingerprint density at radius 3 is 3.33 bits per heavy atom. The van der Waals surface area contributed by atoms with Gasteiger partial charge in [0.15, 0.2) is 0 Å². The van der Waals surface area contributed by atoms with E-state index in [2.05, 4.69) is 22.1 Å². The van der Waals surface area contributed by atoms with E-state index in [0.29, 0.717) is 13.2 Å². The number of fused-ring (bicyclic) bond motifs is 1. The first-order valence-corrected chi connectivity index (χ1v) is 7.40. The molecule has 1 amide bonds. The lowest BCUT2D eigenvalue weighted by Gasteiger charge is -2.28. The third-order valence-corrected chi connectivity index (χ3v) is 4.60. The first-order valence-electron chi connectivity index (χ1n) is 6.52. The molecule has 3 rings (SSSR count). The van der Waals surface area contributed by atoms with Crippen LogP contribution < -0.4 is 10.6 Å². The van der Waals surface area contributed by atoms with Gasteiger partial charge in [0.2, 0.25) is 5.91 Å². The molecule has 98 valence electrons. The molecule has 5 heteroatoms. The number of morpholine rings is 1. The summed E-state index contributed by atoms with van der Waals surface area (Å²) in [7, 11) is 0. The summed E-state index contributed by atoms with van der Waals surface area (Å²) in [5.74, 6) is 0.0683. The Hall–Kier alpha value is -0.910. The SMILES string of the molecule is O=C(NC1CCCc2sccc21)C1COCCN1. The number of nitrogens with one attached hydrogen (secondary N) is 2. The Bertz CT molecular complexity index is 426. The van der Waals surface area contributed by atoms with Gasteiger partial charge in [0.25, 0.3) is 0 Å².